The molecule has 36 heavy (non-hydrogen) atoms. The van der Waals surface area contributed by atoms with Crippen LogP contribution in [0.4, 0.5) is 17.6 Å². The van der Waals surface area contributed by atoms with E-state index in [-0.39, 0.29) is 30.1 Å². The third kappa shape index (κ3) is 2.99. The number of rotatable bonds is 4. The molecule has 10 heteroatoms. The van der Waals surface area contributed by atoms with Crippen LogP contribution in [0.3, 0.4) is 0 Å². The number of hydrogen-bond acceptors (Lipinski definition) is 8. The number of nitrogens with one attached hydrogen (secondary N) is 2. The summed E-state index contributed by atoms with van der Waals surface area (Å²) < 4.78 is 7.53. The van der Waals surface area contributed by atoms with Gasteiger partial charge in [-0.05, 0) is 33.0 Å². The number of nitrogens with zero attached hydrogens (tertiary/aromatic N) is 3. The van der Waals surface area contributed by atoms with Crippen molar-refractivity contribution in [2.24, 2.45) is 0 Å². The molecule has 3 atom stereocenters. The van der Waals surface area contributed by atoms with Gasteiger partial charge in [-0.3, -0.25) is 14.3 Å². The predicted molar refractivity (Wildman–Crippen MR) is 138 cm³/mol. The van der Waals surface area contributed by atoms with E-state index in [1.807, 2.05) is 12.1 Å². The molecule has 1 fully saturated rings. The highest BCUT2D eigenvalue weighted by Crippen LogP contribution is 2.40. The topological polar surface area (TPSA) is 151 Å². The summed E-state index contributed by atoms with van der Waals surface area (Å²) in [7, 11) is 0. The molecular formula is C26H22N6O4. The number of ether oxygens (including phenoxy) is 1. The molecule has 6 N–H and O–H groups in total. The first kappa shape index (κ1) is 21.1. The van der Waals surface area contributed by atoms with Gasteiger partial charge < -0.3 is 26.0 Å². The van der Waals surface area contributed by atoms with E-state index in [1.165, 1.54) is 5.39 Å². The van der Waals surface area contributed by atoms with Crippen molar-refractivity contribution in [1.29, 1.82) is 0 Å². The molecule has 1 saturated heterocycles. The van der Waals surface area contributed by atoms with Crippen molar-refractivity contribution in [1.82, 2.24) is 19.5 Å². The second-order valence-electron chi connectivity index (χ2n) is 9.14. The summed E-state index contributed by atoms with van der Waals surface area (Å²) in [6, 6.07) is 18.7. The summed E-state index contributed by atoms with van der Waals surface area (Å²) in [5.41, 5.74) is 6.47. The van der Waals surface area contributed by atoms with Crippen LogP contribution >= 0.6 is 0 Å². The molecule has 10 nitrogen and oxygen atoms in total. The fourth-order valence-corrected chi connectivity index (χ4v) is 5.36. The summed E-state index contributed by atoms with van der Waals surface area (Å²) in [4.78, 5) is 24.0. The number of H-pyrrole nitrogens is 1. The second-order valence-corrected chi connectivity index (χ2v) is 9.14. The smallest absolute Gasteiger partial charge is 0.280 e. The van der Waals surface area contributed by atoms with Gasteiger partial charge in [0, 0.05) is 17.5 Å². The number of nitrogens with two attached hydrogens (primary N) is 1. The molecule has 1 aliphatic rings. The monoisotopic (exact) mass is 482 g/mol. The summed E-state index contributed by atoms with van der Waals surface area (Å²) >= 11 is 0. The normalized spacial score (nSPS) is 20.3. The van der Waals surface area contributed by atoms with E-state index in [2.05, 4.69) is 62.7 Å². The van der Waals surface area contributed by atoms with E-state index in [4.69, 9.17) is 10.5 Å². The molecule has 2 aromatic heterocycles. The third-order valence-electron chi connectivity index (χ3n) is 7.02. The number of aromatic nitrogens is 4. The predicted octanol–water partition coefficient (Wildman–Crippen LogP) is 2.98. The van der Waals surface area contributed by atoms with Gasteiger partial charge in [0.1, 0.15) is 12.3 Å². The van der Waals surface area contributed by atoms with E-state index in [9.17, 15) is 15.0 Å². The molecule has 180 valence electrons. The minimum atomic E-state index is -0.876. The summed E-state index contributed by atoms with van der Waals surface area (Å²) in [5.74, 6) is 0.264. The Kier molecular flexibility index (Phi) is 4.46. The van der Waals surface area contributed by atoms with Crippen LogP contribution in [0.15, 0.2) is 59.4 Å². The Morgan fingerprint density at radius 2 is 1.78 bits per heavy atom. The van der Waals surface area contributed by atoms with Crippen molar-refractivity contribution in [3.8, 4) is 0 Å². The first-order valence-corrected chi connectivity index (χ1v) is 11.7. The Labute approximate surface area is 203 Å². The quantitative estimate of drug-likeness (QED) is 0.241. The molecular weight excluding hydrogens is 460 g/mol. The van der Waals surface area contributed by atoms with E-state index < -0.39 is 24.0 Å². The Bertz CT molecular complexity index is 1830. The number of fused-ring (bicyclic) bond motifs is 1. The fourth-order valence-electron chi connectivity index (χ4n) is 5.36. The van der Waals surface area contributed by atoms with Crippen molar-refractivity contribution in [3.63, 3.8) is 0 Å². The Morgan fingerprint density at radius 1 is 1.06 bits per heavy atom. The van der Waals surface area contributed by atoms with Crippen molar-refractivity contribution in [3.05, 3.63) is 65.0 Å². The lowest BCUT2D eigenvalue weighted by Crippen LogP contribution is -2.24. The molecule has 6 aromatic rings. The molecule has 0 unspecified atom stereocenters. The molecule has 0 spiro atoms. The van der Waals surface area contributed by atoms with Crippen LogP contribution in [0.25, 0.3) is 43.5 Å². The lowest BCUT2D eigenvalue weighted by molar-refractivity contribution is -0.0425. The van der Waals surface area contributed by atoms with Crippen molar-refractivity contribution in [2.45, 2.75) is 24.9 Å². The van der Waals surface area contributed by atoms with Crippen LogP contribution in [0.2, 0.25) is 0 Å². The molecule has 0 aliphatic carbocycles. The molecule has 4 aromatic carbocycles. The number of hydrogen-bond donors (Lipinski definition) is 5. The number of anilines is 3. The van der Waals surface area contributed by atoms with Gasteiger partial charge >= 0.3 is 0 Å². The second kappa shape index (κ2) is 7.62. The zero-order valence-corrected chi connectivity index (χ0v) is 19.0. The minimum Gasteiger partial charge on any atom is -0.394 e. The molecule has 0 saturated carbocycles. The van der Waals surface area contributed by atoms with Crippen molar-refractivity contribution >= 4 is 61.1 Å². The molecule has 0 radical (unpaired) electrons. The first-order chi connectivity index (χ1) is 17.5. The SMILES string of the molecule is Nc1nc2c(nc(Nc3ccc4ccc5cccc6ccc3c4c56)n2[C@@H]2C[C@H](O)[C@@H](CO)O2)c(=O)[nH]1. The minimum absolute atomic E-state index is 0.0554. The Morgan fingerprint density at radius 3 is 2.53 bits per heavy atom. The number of aliphatic hydroxyl groups excluding tert-OH is 2. The maximum absolute atomic E-state index is 12.6. The van der Waals surface area contributed by atoms with Crippen molar-refractivity contribution < 1.29 is 14.9 Å². The lowest BCUT2D eigenvalue weighted by Gasteiger charge is -2.19. The maximum atomic E-state index is 12.6. The number of aromatic amines is 1. The molecule has 0 amide bonds. The van der Waals surface area contributed by atoms with E-state index >= 15 is 0 Å². The highest BCUT2D eigenvalue weighted by atomic mass is 16.5. The zero-order chi connectivity index (χ0) is 24.6. The average molecular weight is 483 g/mol. The van der Waals surface area contributed by atoms with Gasteiger partial charge in [0.2, 0.25) is 11.9 Å². The van der Waals surface area contributed by atoms with Crippen LogP contribution in [0.5, 0.6) is 0 Å². The van der Waals surface area contributed by atoms with Crippen LogP contribution < -0.4 is 16.6 Å². The summed E-state index contributed by atoms with van der Waals surface area (Å²) in [6.07, 6.45) is -2.15. The van der Waals surface area contributed by atoms with Crippen LogP contribution in [0, 0.1) is 0 Å². The van der Waals surface area contributed by atoms with Gasteiger partial charge in [-0.2, -0.15) is 4.98 Å². The maximum Gasteiger partial charge on any atom is 0.280 e. The highest BCUT2D eigenvalue weighted by Gasteiger charge is 2.37. The number of benzene rings is 4. The van der Waals surface area contributed by atoms with Gasteiger partial charge in [0.15, 0.2) is 11.2 Å². The number of aliphatic hydroxyl groups is 2. The largest absolute Gasteiger partial charge is 0.394 e. The van der Waals surface area contributed by atoms with E-state index in [1.54, 1.807) is 4.57 Å². The van der Waals surface area contributed by atoms with E-state index in [0.717, 1.165) is 32.6 Å². The summed E-state index contributed by atoms with van der Waals surface area (Å²) in [5, 5.41) is 30.1. The summed E-state index contributed by atoms with van der Waals surface area (Å²) in [6.45, 7) is -0.335. The number of nitrogen functional groups attached to an aromatic ring is 1. The van der Waals surface area contributed by atoms with Crippen LogP contribution in [0.1, 0.15) is 12.6 Å². The zero-order valence-electron chi connectivity index (χ0n) is 19.0. The number of imidazole rings is 1. The third-order valence-corrected chi connectivity index (χ3v) is 7.02. The van der Waals surface area contributed by atoms with Gasteiger partial charge in [0.05, 0.1) is 12.7 Å². The Hall–Kier alpha value is -4.25. The van der Waals surface area contributed by atoms with E-state index in [0.29, 0.717) is 5.95 Å². The molecule has 3 heterocycles. The average Bonchev–Trinajstić information content (AvgIpc) is 3.42. The van der Waals surface area contributed by atoms with Gasteiger partial charge in [-0.25, -0.2) is 4.98 Å². The fraction of sp³-hybridized carbons (Fsp3) is 0.192. The molecule has 7 rings (SSSR count). The Balaban J connectivity index is 1.44. The first-order valence-electron chi connectivity index (χ1n) is 11.7. The highest BCUT2D eigenvalue weighted by molar-refractivity contribution is 6.25. The van der Waals surface area contributed by atoms with Crippen molar-refractivity contribution in [2.75, 3.05) is 17.7 Å². The molecule has 1 aliphatic heterocycles. The van der Waals surface area contributed by atoms with Crippen LogP contribution in [-0.2, 0) is 4.74 Å². The van der Waals surface area contributed by atoms with Gasteiger partial charge in [0.25, 0.3) is 5.56 Å². The standard InChI is InChI=1S/C26H22N6O4/c27-25-30-23-22(24(35)31-25)29-26(32(23)19-10-17(34)18(11-33)36-19)28-16-9-7-14-5-4-12-2-1-3-13-6-8-15(16)21(14)20(12)13/h1-9,17-19,33-34H,10-11H2,(H,28,29)(H3,27,30,31,35)/t17-,18+,19-/m0/s1. The lowest BCUT2D eigenvalue weighted by atomic mass is 9.93. The van der Waals surface area contributed by atoms with Gasteiger partial charge in [-0.15, -0.1) is 0 Å². The van der Waals surface area contributed by atoms with Gasteiger partial charge in [-0.1, -0.05) is 48.5 Å². The molecule has 0 bridgehead atoms. The van der Waals surface area contributed by atoms with Crippen LogP contribution in [-0.4, -0.2) is 48.5 Å².